The third kappa shape index (κ3) is 3.84. The topological polar surface area (TPSA) is 30.7 Å². The van der Waals surface area contributed by atoms with E-state index in [9.17, 15) is 0 Å². The quantitative estimate of drug-likeness (QED) is 0.428. The van der Waals surface area contributed by atoms with Gasteiger partial charge in [-0.3, -0.25) is 4.98 Å². The minimum absolute atomic E-state index is 0.224. The van der Waals surface area contributed by atoms with Gasteiger partial charge in [-0.1, -0.05) is 57.2 Å². The van der Waals surface area contributed by atoms with Crippen LogP contribution in [-0.2, 0) is 13.0 Å². The fourth-order valence-electron chi connectivity index (χ4n) is 3.82. The molecule has 3 nitrogen and oxygen atoms in total. The van der Waals surface area contributed by atoms with Crippen molar-refractivity contribution in [1.29, 1.82) is 0 Å². The second-order valence-electron chi connectivity index (χ2n) is 7.96. The minimum atomic E-state index is 0.224. The second-order valence-corrected chi connectivity index (χ2v) is 7.96. The second kappa shape index (κ2) is 7.97. The average molecular weight is 370 g/mol. The average Bonchev–Trinajstić information content (AvgIpc) is 3.07. The first-order chi connectivity index (χ1) is 13.6. The van der Waals surface area contributed by atoms with Gasteiger partial charge >= 0.3 is 0 Å². The van der Waals surface area contributed by atoms with Crippen molar-refractivity contribution in [3.8, 4) is 0 Å². The van der Waals surface area contributed by atoms with Gasteiger partial charge in [0.1, 0.15) is 5.82 Å². The molecule has 0 radical (unpaired) electrons. The van der Waals surface area contributed by atoms with Crippen LogP contribution >= 0.6 is 0 Å². The molecule has 0 bridgehead atoms. The number of para-hydroxylation sites is 2. The molecule has 0 aliphatic rings. The van der Waals surface area contributed by atoms with Gasteiger partial charge in [0.2, 0.25) is 0 Å². The van der Waals surface area contributed by atoms with E-state index in [1.807, 2.05) is 12.4 Å². The Bertz CT molecular complexity index is 1050. The molecule has 0 amide bonds. The SMILES string of the molecule is CC(C)Cc1ccc(C(C)c2nc3ccccc3n2Cc2ccncc2)cc1. The number of benzene rings is 2. The fourth-order valence-corrected chi connectivity index (χ4v) is 3.82. The number of imidazole rings is 1. The lowest BCUT2D eigenvalue weighted by atomic mass is 9.96. The van der Waals surface area contributed by atoms with E-state index in [2.05, 4.69) is 91.0 Å². The van der Waals surface area contributed by atoms with Gasteiger partial charge in [-0.15, -0.1) is 0 Å². The van der Waals surface area contributed by atoms with Crippen LogP contribution in [0.2, 0.25) is 0 Å². The van der Waals surface area contributed by atoms with Crippen molar-refractivity contribution in [3.05, 3.63) is 95.6 Å². The zero-order chi connectivity index (χ0) is 19.5. The Balaban J connectivity index is 1.72. The molecule has 0 fully saturated rings. The third-order valence-electron chi connectivity index (χ3n) is 5.29. The van der Waals surface area contributed by atoms with E-state index >= 15 is 0 Å². The summed E-state index contributed by atoms with van der Waals surface area (Å²) in [6.07, 6.45) is 4.82. The van der Waals surface area contributed by atoms with Gasteiger partial charge in [0, 0.05) is 24.9 Å². The Morgan fingerprint density at radius 3 is 2.25 bits per heavy atom. The summed E-state index contributed by atoms with van der Waals surface area (Å²) in [6, 6.07) is 21.6. The van der Waals surface area contributed by atoms with Crippen molar-refractivity contribution >= 4 is 11.0 Å². The van der Waals surface area contributed by atoms with Gasteiger partial charge in [0.15, 0.2) is 0 Å². The molecule has 4 rings (SSSR count). The summed E-state index contributed by atoms with van der Waals surface area (Å²) >= 11 is 0. The van der Waals surface area contributed by atoms with Gasteiger partial charge in [-0.25, -0.2) is 4.98 Å². The molecule has 3 heteroatoms. The van der Waals surface area contributed by atoms with Gasteiger partial charge in [0.05, 0.1) is 11.0 Å². The van der Waals surface area contributed by atoms with Crippen molar-refractivity contribution in [3.63, 3.8) is 0 Å². The summed E-state index contributed by atoms with van der Waals surface area (Å²) in [5.74, 6) is 2.00. The Labute approximate surface area is 167 Å². The highest BCUT2D eigenvalue weighted by atomic mass is 15.1. The van der Waals surface area contributed by atoms with E-state index in [0.717, 1.165) is 24.3 Å². The maximum Gasteiger partial charge on any atom is 0.117 e. The fraction of sp³-hybridized carbons (Fsp3) is 0.280. The van der Waals surface area contributed by atoms with Crippen molar-refractivity contribution in [2.24, 2.45) is 5.92 Å². The molecule has 4 aromatic rings. The van der Waals surface area contributed by atoms with E-state index < -0.39 is 0 Å². The lowest BCUT2D eigenvalue weighted by Gasteiger charge is -2.16. The maximum atomic E-state index is 5.00. The monoisotopic (exact) mass is 369 g/mol. The normalized spacial score (nSPS) is 12.6. The lowest BCUT2D eigenvalue weighted by Crippen LogP contribution is -2.09. The third-order valence-corrected chi connectivity index (χ3v) is 5.29. The van der Waals surface area contributed by atoms with Crippen LogP contribution in [0.5, 0.6) is 0 Å². The van der Waals surface area contributed by atoms with E-state index in [-0.39, 0.29) is 5.92 Å². The first-order valence-electron chi connectivity index (χ1n) is 10.0. The smallest absolute Gasteiger partial charge is 0.117 e. The molecule has 2 aromatic carbocycles. The van der Waals surface area contributed by atoms with E-state index in [0.29, 0.717) is 5.92 Å². The molecule has 0 N–H and O–H groups in total. The van der Waals surface area contributed by atoms with E-state index in [4.69, 9.17) is 4.98 Å². The Morgan fingerprint density at radius 1 is 0.821 bits per heavy atom. The molecule has 2 aromatic heterocycles. The maximum absolute atomic E-state index is 5.00. The summed E-state index contributed by atoms with van der Waals surface area (Å²) in [4.78, 5) is 9.15. The number of nitrogens with zero attached hydrogens (tertiary/aromatic N) is 3. The molecular weight excluding hydrogens is 342 g/mol. The van der Waals surface area contributed by atoms with Crippen molar-refractivity contribution < 1.29 is 0 Å². The number of fused-ring (bicyclic) bond motifs is 1. The molecule has 0 aliphatic carbocycles. The Kier molecular flexibility index (Phi) is 5.25. The number of aromatic nitrogens is 3. The molecule has 0 saturated carbocycles. The Hall–Kier alpha value is -2.94. The number of hydrogen-bond acceptors (Lipinski definition) is 2. The van der Waals surface area contributed by atoms with Gasteiger partial charge < -0.3 is 4.57 Å². The minimum Gasteiger partial charge on any atom is -0.323 e. The van der Waals surface area contributed by atoms with Crippen LogP contribution in [0.25, 0.3) is 11.0 Å². The largest absolute Gasteiger partial charge is 0.323 e. The summed E-state index contributed by atoms with van der Waals surface area (Å²) in [7, 11) is 0. The number of pyridine rings is 1. The number of rotatable bonds is 6. The predicted molar refractivity (Wildman–Crippen MR) is 116 cm³/mol. The van der Waals surface area contributed by atoms with Crippen LogP contribution in [0.1, 0.15) is 49.2 Å². The van der Waals surface area contributed by atoms with Gasteiger partial charge in [0.25, 0.3) is 0 Å². The van der Waals surface area contributed by atoms with Crippen molar-refractivity contribution in [2.75, 3.05) is 0 Å². The lowest BCUT2D eigenvalue weighted by molar-refractivity contribution is 0.646. The molecular formula is C25H27N3. The van der Waals surface area contributed by atoms with Crippen LogP contribution in [0, 0.1) is 5.92 Å². The molecule has 1 atom stereocenters. The molecule has 2 heterocycles. The van der Waals surface area contributed by atoms with E-state index in [1.165, 1.54) is 22.2 Å². The van der Waals surface area contributed by atoms with Crippen molar-refractivity contribution in [2.45, 2.75) is 39.7 Å². The zero-order valence-electron chi connectivity index (χ0n) is 16.8. The summed E-state index contributed by atoms with van der Waals surface area (Å²) < 4.78 is 2.34. The van der Waals surface area contributed by atoms with Crippen molar-refractivity contribution in [1.82, 2.24) is 14.5 Å². The number of hydrogen-bond donors (Lipinski definition) is 0. The first kappa shape index (κ1) is 18.4. The van der Waals surface area contributed by atoms with Crippen LogP contribution in [0.3, 0.4) is 0 Å². The predicted octanol–water partition coefficient (Wildman–Crippen LogP) is 5.83. The van der Waals surface area contributed by atoms with Crippen LogP contribution < -0.4 is 0 Å². The van der Waals surface area contributed by atoms with Crippen LogP contribution in [0.4, 0.5) is 0 Å². The van der Waals surface area contributed by atoms with Gasteiger partial charge in [-0.2, -0.15) is 0 Å². The standard InChI is InChI=1S/C25H27N3/c1-18(2)16-20-8-10-22(11-9-20)19(3)25-27-23-6-4-5-7-24(23)28(25)17-21-12-14-26-15-13-21/h4-15,18-19H,16-17H2,1-3H3. The highest BCUT2D eigenvalue weighted by Crippen LogP contribution is 2.28. The van der Waals surface area contributed by atoms with Crippen LogP contribution in [0.15, 0.2) is 73.1 Å². The molecule has 0 saturated heterocycles. The highest BCUT2D eigenvalue weighted by Gasteiger charge is 2.18. The molecule has 0 aliphatic heterocycles. The summed E-state index contributed by atoms with van der Waals surface area (Å²) in [6.45, 7) is 7.58. The molecule has 28 heavy (non-hydrogen) atoms. The highest BCUT2D eigenvalue weighted by molar-refractivity contribution is 5.76. The van der Waals surface area contributed by atoms with E-state index in [1.54, 1.807) is 0 Å². The summed E-state index contributed by atoms with van der Waals surface area (Å²) in [5.41, 5.74) is 6.17. The first-order valence-corrected chi connectivity index (χ1v) is 10.0. The molecule has 142 valence electrons. The molecule has 0 spiro atoms. The summed E-state index contributed by atoms with van der Waals surface area (Å²) in [5, 5.41) is 0. The Morgan fingerprint density at radius 2 is 1.54 bits per heavy atom. The zero-order valence-corrected chi connectivity index (χ0v) is 16.8. The van der Waals surface area contributed by atoms with Crippen LogP contribution in [-0.4, -0.2) is 14.5 Å². The molecule has 1 unspecified atom stereocenters. The van der Waals surface area contributed by atoms with Gasteiger partial charge in [-0.05, 0) is 53.3 Å².